The topological polar surface area (TPSA) is 283 Å². The van der Waals surface area contributed by atoms with Gasteiger partial charge in [0.05, 0.1) is 23.0 Å². The zero-order chi connectivity index (χ0) is 46.5. The van der Waals surface area contributed by atoms with E-state index < -0.39 is 53.7 Å². The lowest BCUT2D eigenvalue weighted by molar-refractivity contribution is -0.141. The van der Waals surface area contributed by atoms with Crippen molar-refractivity contribution in [1.29, 1.82) is 5.26 Å². The summed E-state index contributed by atoms with van der Waals surface area (Å²) in [5, 5.41) is 19.9. The molecule has 0 spiro atoms. The second-order valence-electron chi connectivity index (χ2n) is 15.3. The number of aryl methyl sites for hydroxylation is 3. The molecule has 0 saturated heterocycles. The van der Waals surface area contributed by atoms with Gasteiger partial charge in [-0.05, 0) is 81.1 Å². The number of aromatic nitrogens is 2. The second kappa shape index (κ2) is 22.4. The van der Waals surface area contributed by atoms with Gasteiger partial charge in [-0.1, -0.05) is 43.3 Å². The third-order valence-corrected chi connectivity index (χ3v) is 10.7. The van der Waals surface area contributed by atoms with Crippen molar-refractivity contribution in [3.63, 3.8) is 0 Å². The fourth-order valence-corrected chi connectivity index (χ4v) is 7.42. The molecular weight excluding hydrogens is 819 g/mol. The molecule has 0 radical (unpaired) electrons. The van der Waals surface area contributed by atoms with E-state index in [0.717, 1.165) is 17.5 Å². The minimum atomic E-state index is -1.40. The minimum Gasteiger partial charge on any atom is -0.492 e. The fourth-order valence-electron chi connectivity index (χ4n) is 7.42. The van der Waals surface area contributed by atoms with E-state index in [9.17, 15) is 24.0 Å². The molecule has 0 saturated carbocycles. The summed E-state index contributed by atoms with van der Waals surface area (Å²) in [6, 6.07) is 14.9. The zero-order valence-corrected chi connectivity index (χ0v) is 36.8. The fraction of sp³-hybridized carbons (Fsp3) is 0.391. The van der Waals surface area contributed by atoms with Crippen LogP contribution in [-0.2, 0) is 32.0 Å². The van der Waals surface area contributed by atoms with E-state index in [4.69, 9.17) is 31.9 Å². The Bertz CT molecular complexity index is 2360. The van der Waals surface area contributed by atoms with Crippen molar-refractivity contribution in [1.82, 2.24) is 36.1 Å². The first kappa shape index (κ1) is 48.1. The van der Waals surface area contributed by atoms with Gasteiger partial charge in [0, 0.05) is 43.2 Å². The third kappa shape index (κ3) is 11.5. The number of amides is 5. The van der Waals surface area contributed by atoms with E-state index in [0.29, 0.717) is 51.0 Å². The van der Waals surface area contributed by atoms with Crippen molar-refractivity contribution in [2.75, 3.05) is 46.4 Å². The van der Waals surface area contributed by atoms with E-state index >= 15 is 0 Å². The molecule has 10 N–H and O–H groups in total. The minimum absolute atomic E-state index is 0.00209. The highest BCUT2D eigenvalue weighted by Gasteiger charge is 2.36. The van der Waals surface area contributed by atoms with E-state index in [1.165, 1.54) is 18.9 Å². The summed E-state index contributed by atoms with van der Waals surface area (Å²) < 4.78 is 12.2. The van der Waals surface area contributed by atoms with Gasteiger partial charge in [-0.3, -0.25) is 24.0 Å². The summed E-state index contributed by atoms with van der Waals surface area (Å²) >= 11 is 0. The molecule has 18 heteroatoms. The predicted octanol–water partition coefficient (Wildman–Crippen LogP) is 1.50. The lowest BCUT2D eigenvalue weighted by Gasteiger charge is -2.32. The Morgan fingerprint density at radius 1 is 0.891 bits per heavy atom. The Labute approximate surface area is 372 Å². The molecule has 0 fully saturated rings. The molecule has 1 unspecified atom stereocenters. The number of carbonyl (C=O) groups is 5. The van der Waals surface area contributed by atoms with Crippen molar-refractivity contribution < 1.29 is 33.4 Å². The van der Waals surface area contributed by atoms with Crippen molar-refractivity contribution in [2.24, 2.45) is 17.2 Å². The van der Waals surface area contributed by atoms with Crippen LogP contribution in [0.1, 0.15) is 64.7 Å². The summed E-state index contributed by atoms with van der Waals surface area (Å²) in [6.07, 6.45) is 0.885. The van der Waals surface area contributed by atoms with Gasteiger partial charge >= 0.3 is 0 Å². The number of rotatable bonds is 16. The molecule has 338 valence electrons. The normalized spacial score (nSPS) is 16.5. The van der Waals surface area contributed by atoms with Crippen LogP contribution in [0.3, 0.4) is 0 Å². The van der Waals surface area contributed by atoms with Crippen molar-refractivity contribution >= 4 is 29.5 Å². The monoisotopic (exact) mass is 875 g/mol. The second-order valence-corrected chi connectivity index (χ2v) is 15.3. The highest BCUT2D eigenvalue weighted by atomic mass is 16.5. The SMILES string of the molecule is CCc1ccc(-c2nc(C)c(C(=O)NC(CCN)C(=O)N(C)[C@@H]3C(=O)N[C@@H](C)C(=O)N[C@H](C(=O)NCC#N)Cc4ccc(OCCN)c(c4)-c4cc3ccc4OCCN)c(C)n2)cc1. The third-order valence-electron chi connectivity index (χ3n) is 10.7. The average Bonchev–Trinajstić information content (AvgIpc) is 3.28. The number of ether oxygens (including phenoxy) is 2. The molecule has 5 rings (SSSR count). The van der Waals surface area contributed by atoms with E-state index in [2.05, 4.69) is 38.2 Å². The smallest absolute Gasteiger partial charge is 0.255 e. The number of nitrogens with one attached hydrogen (secondary N) is 4. The van der Waals surface area contributed by atoms with Crippen molar-refractivity contribution in [2.45, 2.75) is 71.1 Å². The summed E-state index contributed by atoms with van der Waals surface area (Å²) in [6.45, 7) is 7.26. The molecule has 4 atom stereocenters. The summed E-state index contributed by atoms with van der Waals surface area (Å²) in [5.41, 5.74) is 22.5. The molecule has 2 heterocycles. The van der Waals surface area contributed by atoms with Crippen LogP contribution in [-0.4, -0.2) is 109 Å². The highest BCUT2D eigenvalue weighted by Crippen LogP contribution is 2.40. The lowest BCUT2D eigenvalue weighted by Crippen LogP contribution is -2.56. The Hall–Kier alpha value is -6.94. The number of nitriles is 1. The molecule has 3 aromatic carbocycles. The quantitative estimate of drug-likeness (QED) is 0.0787. The number of hydrogen-bond acceptors (Lipinski definition) is 13. The van der Waals surface area contributed by atoms with Gasteiger partial charge in [0.1, 0.15) is 55.4 Å². The molecule has 5 amide bonds. The molecular formula is C46H57N11O7. The molecule has 4 aromatic rings. The Balaban J connectivity index is 1.58. The molecule has 0 aliphatic carbocycles. The standard InChI is InChI=1S/C46H57N11O7/c1-6-29-7-10-31(11-8-29)41-52-26(2)39(27(3)53-41)44(60)55-35(15-16-47)46(62)57(5)40-32-12-14-38(64-22-19-50)34(25-32)33-23-30(9-13-37(33)63-21-18-49)24-36(43(59)51-20-17-48)56-42(58)28(4)54-45(40)61/h7-14,23,25,28,35-36,40H,6,15-16,18-22,24,47,49-50H2,1-5H3,(H,51,59)(H,54,61)(H,55,60)(H,56,58)/t28-,35?,36-,40-/m0/s1. The number of carbonyl (C=O) groups excluding carboxylic acids is 5. The van der Waals surface area contributed by atoms with Gasteiger partial charge in [-0.25, -0.2) is 9.97 Å². The van der Waals surface area contributed by atoms with Crippen LogP contribution < -0.4 is 47.9 Å². The van der Waals surface area contributed by atoms with E-state index in [-0.39, 0.29) is 57.8 Å². The number of likely N-dealkylation sites (N-methyl/N-ethyl adjacent to an activating group) is 1. The highest BCUT2D eigenvalue weighted by molar-refractivity contribution is 6.00. The maximum Gasteiger partial charge on any atom is 0.255 e. The molecule has 64 heavy (non-hydrogen) atoms. The number of benzene rings is 3. The van der Waals surface area contributed by atoms with Crippen LogP contribution in [0.25, 0.3) is 22.5 Å². The summed E-state index contributed by atoms with van der Waals surface area (Å²) in [7, 11) is 1.42. The maximum absolute atomic E-state index is 14.7. The van der Waals surface area contributed by atoms with Crippen LogP contribution in [0.2, 0.25) is 0 Å². The average molecular weight is 876 g/mol. The number of nitrogens with zero attached hydrogens (tertiary/aromatic N) is 4. The number of hydrogen-bond donors (Lipinski definition) is 7. The number of nitrogens with two attached hydrogens (primary N) is 3. The predicted molar refractivity (Wildman–Crippen MR) is 240 cm³/mol. The van der Waals surface area contributed by atoms with E-state index in [1.807, 2.05) is 30.3 Å². The maximum atomic E-state index is 14.7. The molecule has 1 aliphatic heterocycles. The van der Waals surface area contributed by atoms with Crippen molar-refractivity contribution in [3.8, 4) is 40.1 Å². The summed E-state index contributed by atoms with van der Waals surface area (Å²) in [5.74, 6) is -2.11. The molecule has 1 aromatic heterocycles. The van der Waals surface area contributed by atoms with Gasteiger partial charge < -0.3 is 52.8 Å². The van der Waals surface area contributed by atoms with Gasteiger partial charge in [0.15, 0.2) is 5.82 Å². The lowest BCUT2D eigenvalue weighted by atomic mass is 9.93. The van der Waals surface area contributed by atoms with Crippen LogP contribution >= 0.6 is 0 Å². The van der Waals surface area contributed by atoms with Crippen LogP contribution in [0.4, 0.5) is 0 Å². The van der Waals surface area contributed by atoms with E-state index in [1.54, 1.807) is 50.2 Å². The van der Waals surface area contributed by atoms with Gasteiger partial charge in [0.2, 0.25) is 23.6 Å². The van der Waals surface area contributed by atoms with Gasteiger partial charge in [-0.2, -0.15) is 5.26 Å². The largest absolute Gasteiger partial charge is 0.492 e. The Morgan fingerprint density at radius 3 is 2.11 bits per heavy atom. The van der Waals surface area contributed by atoms with Crippen LogP contribution in [0.5, 0.6) is 11.5 Å². The Kier molecular flexibility index (Phi) is 16.9. The first-order valence-corrected chi connectivity index (χ1v) is 21.2. The molecule has 18 nitrogen and oxygen atoms in total. The number of fused-ring (bicyclic) bond motifs is 5. The van der Waals surface area contributed by atoms with Crippen LogP contribution in [0, 0.1) is 25.2 Å². The zero-order valence-electron chi connectivity index (χ0n) is 36.8. The molecule has 4 bridgehead atoms. The Morgan fingerprint density at radius 2 is 1.52 bits per heavy atom. The first-order valence-electron chi connectivity index (χ1n) is 21.2. The van der Waals surface area contributed by atoms with Crippen molar-refractivity contribution in [3.05, 3.63) is 94.3 Å². The van der Waals surface area contributed by atoms with Gasteiger partial charge in [0.25, 0.3) is 5.91 Å². The first-order chi connectivity index (χ1) is 30.7. The summed E-state index contributed by atoms with van der Waals surface area (Å²) in [4.78, 5) is 80.8. The molecule has 1 aliphatic rings. The van der Waals surface area contributed by atoms with Crippen LogP contribution in [0.15, 0.2) is 60.7 Å². The van der Waals surface area contributed by atoms with Gasteiger partial charge in [-0.15, -0.1) is 0 Å².